The standard InChI is InChI=1S/C15H19Cl2NO2/c16-13-8-3-7-12(14(13)17)15(19)18-9-4-6-11-5-1-2-10-20-11/h3,7-8,11H,1-2,4-6,9-10H2,(H,18,19)/t11-/m0/s1. The molecular weight excluding hydrogens is 297 g/mol. The third kappa shape index (κ3) is 4.37. The van der Waals surface area contributed by atoms with Crippen molar-refractivity contribution in [3.8, 4) is 0 Å². The summed E-state index contributed by atoms with van der Waals surface area (Å²) in [5, 5.41) is 3.57. The Hall–Kier alpha value is -0.770. The number of ether oxygens (including phenoxy) is 1. The van der Waals surface area contributed by atoms with Crippen molar-refractivity contribution in [2.24, 2.45) is 0 Å². The molecule has 1 fully saturated rings. The van der Waals surface area contributed by atoms with E-state index in [1.807, 2.05) is 0 Å². The summed E-state index contributed by atoms with van der Waals surface area (Å²) in [5.41, 5.74) is 0.424. The zero-order valence-corrected chi connectivity index (χ0v) is 12.8. The summed E-state index contributed by atoms with van der Waals surface area (Å²) in [4.78, 5) is 12.0. The lowest BCUT2D eigenvalue weighted by molar-refractivity contribution is 0.0102. The number of hydrogen-bond donors (Lipinski definition) is 1. The molecular formula is C15H19Cl2NO2. The monoisotopic (exact) mass is 315 g/mol. The third-order valence-corrected chi connectivity index (χ3v) is 4.28. The first kappa shape index (κ1) is 15.6. The van der Waals surface area contributed by atoms with Gasteiger partial charge in [-0.25, -0.2) is 0 Å². The molecule has 1 N–H and O–H groups in total. The van der Waals surface area contributed by atoms with Crippen LogP contribution in [0.15, 0.2) is 18.2 Å². The molecule has 0 bridgehead atoms. The van der Waals surface area contributed by atoms with E-state index < -0.39 is 0 Å². The molecule has 1 aromatic carbocycles. The molecule has 1 aliphatic heterocycles. The fourth-order valence-electron chi connectivity index (χ4n) is 2.34. The van der Waals surface area contributed by atoms with Crippen LogP contribution in [0.3, 0.4) is 0 Å². The molecule has 1 aromatic rings. The number of amides is 1. The van der Waals surface area contributed by atoms with E-state index in [1.165, 1.54) is 12.8 Å². The van der Waals surface area contributed by atoms with Gasteiger partial charge in [0.2, 0.25) is 0 Å². The average molecular weight is 316 g/mol. The van der Waals surface area contributed by atoms with Gasteiger partial charge < -0.3 is 10.1 Å². The molecule has 1 amide bonds. The number of rotatable bonds is 5. The van der Waals surface area contributed by atoms with Crippen molar-refractivity contribution < 1.29 is 9.53 Å². The Bertz CT molecular complexity index is 459. The van der Waals surface area contributed by atoms with Gasteiger partial charge in [0.15, 0.2) is 0 Å². The SMILES string of the molecule is O=C(NCCC[C@@H]1CCCCO1)c1cccc(Cl)c1Cl. The van der Waals surface area contributed by atoms with Crippen molar-refractivity contribution in [1.82, 2.24) is 5.32 Å². The minimum atomic E-state index is -0.179. The van der Waals surface area contributed by atoms with E-state index in [0.717, 1.165) is 25.9 Å². The van der Waals surface area contributed by atoms with Crippen LogP contribution in [0.4, 0.5) is 0 Å². The molecule has 1 atom stereocenters. The molecule has 0 saturated carbocycles. The molecule has 3 nitrogen and oxygen atoms in total. The van der Waals surface area contributed by atoms with Gasteiger partial charge in [0.1, 0.15) is 0 Å². The van der Waals surface area contributed by atoms with Gasteiger partial charge in [0.05, 0.1) is 21.7 Å². The van der Waals surface area contributed by atoms with Crippen LogP contribution in [0.2, 0.25) is 10.0 Å². The van der Waals surface area contributed by atoms with Crippen LogP contribution in [0.5, 0.6) is 0 Å². The van der Waals surface area contributed by atoms with Crippen LogP contribution >= 0.6 is 23.2 Å². The number of carbonyl (C=O) groups is 1. The van der Waals surface area contributed by atoms with Crippen molar-refractivity contribution in [3.05, 3.63) is 33.8 Å². The molecule has 0 aliphatic carbocycles. The Morgan fingerprint density at radius 3 is 2.95 bits per heavy atom. The van der Waals surface area contributed by atoms with Crippen molar-refractivity contribution in [1.29, 1.82) is 0 Å². The van der Waals surface area contributed by atoms with Crippen LogP contribution in [-0.4, -0.2) is 25.2 Å². The van der Waals surface area contributed by atoms with Crippen LogP contribution < -0.4 is 5.32 Å². The van der Waals surface area contributed by atoms with Gasteiger partial charge in [-0.1, -0.05) is 29.3 Å². The van der Waals surface area contributed by atoms with Crippen LogP contribution in [0.1, 0.15) is 42.5 Å². The Kier molecular flexibility index (Phi) is 6.14. The second-order valence-electron chi connectivity index (χ2n) is 4.99. The first-order chi connectivity index (χ1) is 9.68. The molecule has 1 heterocycles. The Labute approximate surface area is 129 Å². The molecule has 1 saturated heterocycles. The second-order valence-corrected chi connectivity index (χ2v) is 5.77. The van der Waals surface area contributed by atoms with E-state index in [2.05, 4.69) is 5.32 Å². The van der Waals surface area contributed by atoms with E-state index in [4.69, 9.17) is 27.9 Å². The quantitative estimate of drug-likeness (QED) is 0.832. The lowest BCUT2D eigenvalue weighted by Crippen LogP contribution is -2.26. The first-order valence-corrected chi connectivity index (χ1v) is 7.78. The van der Waals surface area contributed by atoms with Gasteiger partial charge in [0.25, 0.3) is 5.91 Å². The summed E-state index contributed by atoms with van der Waals surface area (Å²) in [5.74, 6) is -0.179. The summed E-state index contributed by atoms with van der Waals surface area (Å²) in [6.45, 7) is 1.50. The minimum absolute atomic E-state index is 0.179. The predicted molar refractivity (Wildman–Crippen MR) is 81.6 cm³/mol. The first-order valence-electron chi connectivity index (χ1n) is 7.02. The second kappa shape index (κ2) is 7.87. The molecule has 0 spiro atoms. The molecule has 2 rings (SSSR count). The van der Waals surface area contributed by atoms with Gasteiger partial charge in [-0.2, -0.15) is 0 Å². The van der Waals surface area contributed by atoms with Gasteiger partial charge in [-0.15, -0.1) is 0 Å². The van der Waals surface area contributed by atoms with Crippen molar-refractivity contribution >= 4 is 29.1 Å². The van der Waals surface area contributed by atoms with E-state index in [1.54, 1.807) is 18.2 Å². The molecule has 110 valence electrons. The summed E-state index contributed by atoms with van der Waals surface area (Å²) in [7, 11) is 0. The maximum Gasteiger partial charge on any atom is 0.252 e. The highest BCUT2D eigenvalue weighted by Crippen LogP contribution is 2.25. The molecule has 1 aliphatic rings. The number of benzene rings is 1. The molecule has 5 heteroatoms. The number of halogens is 2. The summed E-state index contributed by atoms with van der Waals surface area (Å²) in [6, 6.07) is 5.06. The van der Waals surface area contributed by atoms with E-state index in [9.17, 15) is 4.79 Å². The largest absolute Gasteiger partial charge is 0.378 e. The van der Waals surface area contributed by atoms with Crippen molar-refractivity contribution in [3.63, 3.8) is 0 Å². The van der Waals surface area contributed by atoms with E-state index >= 15 is 0 Å². The Morgan fingerprint density at radius 1 is 1.35 bits per heavy atom. The van der Waals surface area contributed by atoms with Crippen LogP contribution in [0.25, 0.3) is 0 Å². The molecule has 0 unspecified atom stereocenters. The normalized spacial score (nSPS) is 18.8. The summed E-state index contributed by atoms with van der Waals surface area (Å²) < 4.78 is 5.65. The lowest BCUT2D eigenvalue weighted by Gasteiger charge is -2.22. The average Bonchev–Trinajstić information content (AvgIpc) is 2.47. The molecule has 20 heavy (non-hydrogen) atoms. The topological polar surface area (TPSA) is 38.3 Å². The van der Waals surface area contributed by atoms with Crippen LogP contribution in [0, 0.1) is 0 Å². The summed E-state index contributed by atoms with van der Waals surface area (Å²) in [6.07, 6.45) is 5.80. The van der Waals surface area contributed by atoms with E-state index in [-0.39, 0.29) is 5.91 Å². The third-order valence-electron chi connectivity index (χ3n) is 3.46. The molecule has 0 aromatic heterocycles. The Balaban J connectivity index is 1.73. The molecule has 0 radical (unpaired) electrons. The van der Waals surface area contributed by atoms with E-state index in [0.29, 0.717) is 28.3 Å². The van der Waals surface area contributed by atoms with Gasteiger partial charge in [-0.05, 0) is 44.2 Å². The highest BCUT2D eigenvalue weighted by molar-refractivity contribution is 6.43. The smallest absolute Gasteiger partial charge is 0.252 e. The fourth-order valence-corrected chi connectivity index (χ4v) is 2.73. The van der Waals surface area contributed by atoms with Gasteiger partial charge in [0, 0.05) is 13.2 Å². The number of hydrogen-bond acceptors (Lipinski definition) is 2. The van der Waals surface area contributed by atoms with Gasteiger partial charge in [-0.3, -0.25) is 4.79 Å². The summed E-state index contributed by atoms with van der Waals surface area (Å²) >= 11 is 11.9. The number of carbonyl (C=O) groups excluding carboxylic acids is 1. The lowest BCUT2D eigenvalue weighted by atomic mass is 10.0. The highest BCUT2D eigenvalue weighted by atomic mass is 35.5. The van der Waals surface area contributed by atoms with Crippen LogP contribution in [-0.2, 0) is 4.74 Å². The van der Waals surface area contributed by atoms with Crippen molar-refractivity contribution in [2.75, 3.05) is 13.2 Å². The zero-order chi connectivity index (χ0) is 14.4. The fraction of sp³-hybridized carbons (Fsp3) is 0.533. The maximum atomic E-state index is 12.0. The Morgan fingerprint density at radius 2 is 2.20 bits per heavy atom. The maximum absolute atomic E-state index is 12.0. The van der Waals surface area contributed by atoms with Gasteiger partial charge >= 0.3 is 0 Å². The predicted octanol–water partition coefficient (Wildman–Crippen LogP) is 4.07. The number of nitrogens with one attached hydrogen (secondary N) is 1. The van der Waals surface area contributed by atoms with Crippen molar-refractivity contribution in [2.45, 2.75) is 38.2 Å². The minimum Gasteiger partial charge on any atom is -0.378 e. The highest BCUT2D eigenvalue weighted by Gasteiger charge is 2.14. The zero-order valence-electron chi connectivity index (χ0n) is 11.3.